The Balaban J connectivity index is 1.66. The highest BCUT2D eigenvalue weighted by molar-refractivity contribution is 5.94. The number of halogens is 1. The molecule has 3 nitrogen and oxygen atoms in total. The van der Waals surface area contributed by atoms with Gasteiger partial charge in [0.2, 0.25) is 0 Å². The van der Waals surface area contributed by atoms with E-state index in [1.54, 1.807) is 6.07 Å². The van der Waals surface area contributed by atoms with Crippen molar-refractivity contribution in [2.75, 3.05) is 6.61 Å². The lowest BCUT2D eigenvalue weighted by Crippen LogP contribution is -2.23. The van der Waals surface area contributed by atoms with Crippen LogP contribution in [0.4, 0.5) is 4.39 Å². The van der Waals surface area contributed by atoms with E-state index < -0.39 is 5.82 Å². The highest BCUT2D eigenvalue weighted by Gasteiger charge is 2.11. The zero-order valence-corrected chi connectivity index (χ0v) is 11.6. The summed E-state index contributed by atoms with van der Waals surface area (Å²) >= 11 is 0. The maximum Gasteiger partial charge on any atom is 0.251 e. The number of amides is 1. The van der Waals surface area contributed by atoms with Crippen molar-refractivity contribution in [3.8, 4) is 5.75 Å². The van der Waals surface area contributed by atoms with E-state index >= 15 is 0 Å². The lowest BCUT2D eigenvalue weighted by atomic mass is 10.0. The molecular formula is C17H16FNO2. The molecule has 0 aromatic heterocycles. The molecule has 1 heterocycles. The first-order valence-corrected chi connectivity index (χ1v) is 7.01. The number of fused-ring (bicyclic) bond motifs is 1. The number of rotatable bonds is 3. The number of ether oxygens (including phenoxy) is 1. The first-order valence-electron chi connectivity index (χ1n) is 7.01. The third-order valence-corrected chi connectivity index (χ3v) is 3.51. The fourth-order valence-electron chi connectivity index (χ4n) is 2.44. The molecule has 1 aliphatic rings. The molecule has 3 rings (SSSR count). The average Bonchev–Trinajstić information content (AvgIpc) is 2.52. The quantitative estimate of drug-likeness (QED) is 0.941. The van der Waals surface area contributed by atoms with Gasteiger partial charge < -0.3 is 10.1 Å². The smallest absolute Gasteiger partial charge is 0.251 e. The first kappa shape index (κ1) is 13.6. The SMILES string of the molecule is O=C(NCc1ccc2c(c1)CCCO2)c1cccc(F)c1. The van der Waals surface area contributed by atoms with Gasteiger partial charge in [0.1, 0.15) is 11.6 Å². The minimum absolute atomic E-state index is 0.275. The second-order valence-electron chi connectivity index (χ2n) is 5.09. The van der Waals surface area contributed by atoms with Gasteiger partial charge in [-0.25, -0.2) is 4.39 Å². The highest BCUT2D eigenvalue weighted by Crippen LogP contribution is 2.25. The monoisotopic (exact) mass is 285 g/mol. The molecule has 0 saturated carbocycles. The van der Waals surface area contributed by atoms with Crippen LogP contribution in [0.3, 0.4) is 0 Å². The Kier molecular flexibility index (Phi) is 3.86. The van der Waals surface area contributed by atoms with Crippen molar-refractivity contribution in [2.45, 2.75) is 19.4 Å². The normalized spacial score (nSPS) is 13.2. The molecule has 0 atom stereocenters. The zero-order valence-electron chi connectivity index (χ0n) is 11.6. The molecule has 2 aromatic rings. The molecular weight excluding hydrogens is 269 g/mol. The summed E-state index contributed by atoms with van der Waals surface area (Å²) in [5.74, 6) is 0.249. The summed E-state index contributed by atoms with van der Waals surface area (Å²) in [6.07, 6.45) is 2.02. The molecule has 0 aliphatic carbocycles. The van der Waals surface area contributed by atoms with Gasteiger partial charge >= 0.3 is 0 Å². The molecule has 108 valence electrons. The summed E-state index contributed by atoms with van der Waals surface area (Å²) in [5, 5.41) is 2.80. The third kappa shape index (κ3) is 3.21. The van der Waals surface area contributed by atoms with Crippen molar-refractivity contribution >= 4 is 5.91 Å². The van der Waals surface area contributed by atoms with Crippen LogP contribution in [0.1, 0.15) is 27.9 Å². The van der Waals surface area contributed by atoms with E-state index in [9.17, 15) is 9.18 Å². The fraction of sp³-hybridized carbons (Fsp3) is 0.235. The Labute approximate surface area is 122 Å². The number of carbonyl (C=O) groups is 1. The number of hydrogen-bond acceptors (Lipinski definition) is 2. The van der Waals surface area contributed by atoms with Crippen molar-refractivity contribution in [1.29, 1.82) is 0 Å². The second kappa shape index (κ2) is 5.95. The van der Waals surface area contributed by atoms with Crippen LogP contribution in [0.25, 0.3) is 0 Å². The van der Waals surface area contributed by atoms with Gasteiger partial charge in [-0.1, -0.05) is 18.2 Å². The van der Waals surface area contributed by atoms with Crippen molar-refractivity contribution in [1.82, 2.24) is 5.32 Å². The van der Waals surface area contributed by atoms with Crippen LogP contribution < -0.4 is 10.1 Å². The molecule has 2 aromatic carbocycles. The fourth-order valence-corrected chi connectivity index (χ4v) is 2.44. The summed E-state index contributed by atoms with van der Waals surface area (Å²) in [6, 6.07) is 11.6. The minimum Gasteiger partial charge on any atom is -0.493 e. The molecule has 1 amide bonds. The average molecular weight is 285 g/mol. The van der Waals surface area contributed by atoms with Gasteiger partial charge in [0.05, 0.1) is 6.61 Å². The standard InChI is InChI=1S/C17H16FNO2/c18-15-5-1-3-14(10-15)17(20)19-11-12-6-7-16-13(9-12)4-2-8-21-16/h1,3,5-7,9-10H,2,4,8,11H2,(H,19,20). The number of hydrogen-bond donors (Lipinski definition) is 1. The summed E-state index contributed by atoms with van der Waals surface area (Å²) in [4.78, 5) is 12.0. The largest absolute Gasteiger partial charge is 0.493 e. The minimum atomic E-state index is -0.409. The van der Waals surface area contributed by atoms with Gasteiger partial charge in [-0.05, 0) is 48.2 Å². The van der Waals surface area contributed by atoms with Crippen LogP contribution in [0, 0.1) is 5.82 Å². The molecule has 1 N–H and O–H groups in total. The summed E-state index contributed by atoms with van der Waals surface area (Å²) < 4.78 is 18.6. The molecule has 4 heteroatoms. The molecule has 0 radical (unpaired) electrons. The van der Waals surface area contributed by atoms with E-state index in [1.807, 2.05) is 12.1 Å². The molecule has 0 spiro atoms. The number of benzene rings is 2. The Bertz CT molecular complexity index is 670. The first-order chi connectivity index (χ1) is 10.2. The molecule has 0 bridgehead atoms. The Morgan fingerprint density at radius 2 is 2.14 bits per heavy atom. The van der Waals surface area contributed by atoms with E-state index in [0.717, 1.165) is 30.8 Å². The summed E-state index contributed by atoms with van der Waals surface area (Å²) in [6.45, 7) is 1.19. The van der Waals surface area contributed by atoms with Crippen molar-refractivity contribution < 1.29 is 13.9 Å². The molecule has 21 heavy (non-hydrogen) atoms. The highest BCUT2D eigenvalue weighted by atomic mass is 19.1. The zero-order chi connectivity index (χ0) is 14.7. The van der Waals surface area contributed by atoms with E-state index in [1.165, 1.54) is 23.8 Å². The van der Waals surface area contributed by atoms with E-state index in [0.29, 0.717) is 12.1 Å². The summed E-state index contributed by atoms with van der Waals surface area (Å²) in [5.41, 5.74) is 2.53. The number of carbonyl (C=O) groups excluding carboxylic acids is 1. The van der Waals surface area contributed by atoms with E-state index in [4.69, 9.17) is 4.74 Å². The van der Waals surface area contributed by atoms with Crippen LogP contribution >= 0.6 is 0 Å². The molecule has 0 unspecified atom stereocenters. The maximum atomic E-state index is 13.1. The van der Waals surface area contributed by atoms with Crippen molar-refractivity contribution in [3.05, 3.63) is 65.0 Å². The number of nitrogens with one attached hydrogen (secondary N) is 1. The van der Waals surface area contributed by atoms with Gasteiger partial charge in [0.15, 0.2) is 0 Å². The van der Waals surface area contributed by atoms with Crippen LogP contribution in [-0.4, -0.2) is 12.5 Å². The Morgan fingerprint density at radius 1 is 1.24 bits per heavy atom. The van der Waals surface area contributed by atoms with E-state index in [2.05, 4.69) is 11.4 Å². The molecule has 0 fully saturated rings. The lowest BCUT2D eigenvalue weighted by Gasteiger charge is -2.18. The van der Waals surface area contributed by atoms with Gasteiger partial charge in [0, 0.05) is 12.1 Å². The van der Waals surface area contributed by atoms with Gasteiger partial charge in [-0.3, -0.25) is 4.79 Å². The van der Waals surface area contributed by atoms with Crippen LogP contribution in [-0.2, 0) is 13.0 Å². The third-order valence-electron chi connectivity index (χ3n) is 3.51. The predicted molar refractivity (Wildman–Crippen MR) is 77.8 cm³/mol. The van der Waals surface area contributed by atoms with E-state index in [-0.39, 0.29) is 5.91 Å². The topological polar surface area (TPSA) is 38.3 Å². The predicted octanol–water partition coefficient (Wildman–Crippen LogP) is 3.08. The lowest BCUT2D eigenvalue weighted by molar-refractivity contribution is 0.0950. The number of aryl methyl sites for hydroxylation is 1. The van der Waals surface area contributed by atoms with Crippen LogP contribution in [0.2, 0.25) is 0 Å². The Hall–Kier alpha value is -2.36. The van der Waals surface area contributed by atoms with Gasteiger partial charge in [0.25, 0.3) is 5.91 Å². The van der Waals surface area contributed by atoms with Crippen molar-refractivity contribution in [3.63, 3.8) is 0 Å². The maximum absolute atomic E-state index is 13.1. The van der Waals surface area contributed by atoms with Gasteiger partial charge in [-0.2, -0.15) is 0 Å². The Morgan fingerprint density at radius 3 is 3.00 bits per heavy atom. The van der Waals surface area contributed by atoms with Crippen LogP contribution in [0.5, 0.6) is 5.75 Å². The molecule has 1 aliphatic heterocycles. The van der Waals surface area contributed by atoms with Gasteiger partial charge in [-0.15, -0.1) is 0 Å². The molecule has 0 saturated heterocycles. The second-order valence-corrected chi connectivity index (χ2v) is 5.09. The summed E-state index contributed by atoms with van der Waals surface area (Å²) in [7, 11) is 0. The van der Waals surface area contributed by atoms with Crippen molar-refractivity contribution in [2.24, 2.45) is 0 Å². The van der Waals surface area contributed by atoms with Crippen LogP contribution in [0.15, 0.2) is 42.5 Å².